The highest BCUT2D eigenvalue weighted by Crippen LogP contribution is 2.29. The molecule has 132 valence electrons. The van der Waals surface area contributed by atoms with Crippen LogP contribution in [0.4, 0.5) is 0 Å². The average molecular weight is 360 g/mol. The van der Waals surface area contributed by atoms with Crippen LogP contribution in [0.3, 0.4) is 0 Å². The molecule has 0 spiro atoms. The van der Waals surface area contributed by atoms with E-state index in [2.05, 4.69) is 15.6 Å². The van der Waals surface area contributed by atoms with Crippen molar-refractivity contribution in [3.05, 3.63) is 58.9 Å². The number of carbonyl (C=O) groups is 1. The van der Waals surface area contributed by atoms with Crippen molar-refractivity contribution in [3.63, 3.8) is 0 Å². The Hall–Kier alpha value is -2.11. The van der Waals surface area contributed by atoms with Crippen LogP contribution in [0.2, 0.25) is 5.15 Å². The zero-order chi connectivity index (χ0) is 17.8. The molecule has 0 radical (unpaired) electrons. The summed E-state index contributed by atoms with van der Waals surface area (Å²) in [6.07, 6.45) is 1.76. The number of amides is 1. The first-order valence-electron chi connectivity index (χ1n) is 8.35. The first-order valence-corrected chi connectivity index (χ1v) is 8.72. The standard InChI is InChI=1S/C19H22ClN3O2/c1-12(13-4-3-5-15(8-13)25-2)23-19(24)17-11-21-10-16(17)14-6-7-18(20)22-9-14/h3-9,12,16-17,21H,10-11H2,1-2H3,(H,23,24)/t12-,16-,17+/m0/s1. The van der Waals surface area contributed by atoms with E-state index in [0.717, 1.165) is 23.4 Å². The summed E-state index contributed by atoms with van der Waals surface area (Å²) in [6, 6.07) is 11.4. The van der Waals surface area contributed by atoms with Crippen LogP contribution in [0, 0.1) is 5.92 Å². The van der Waals surface area contributed by atoms with Gasteiger partial charge in [0.1, 0.15) is 10.9 Å². The minimum absolute atomic E-state index is 0.0419. The number of pyridine rings is 1. The molecule has 1 fully saturated rings. The smallest absolute Gasteiger partial charge is 0.225 e. The van der Waals surface area contributed by atoms with Crippen molar-refractivity contribution in [1.29, 1.82) is 0 Å². The molecule has 1 aliphatic heterocycles. The Balaban J connectivity index is 1.70. The van der Waals surface area contributed by atoms with Gasteiger partial charge in [0.2, 0.25) is 5.91 Å². The Bertz CT molecular complexity index is 736. The van der Waals surface area contributed by atoms with Gasteiger partial charge in [-0.05, 0) is 36.2 Å². The highest BCUT2D eigenvalue weighted by molar-refractivity contribution is 6.29. The van der Waals surface area contributed by atoms with Crippen LogP contribution in [0.15, 0.2) is 42.6 Å². The van der Waals surface area contributed by atoms with Gasteiger partial charge in [0.15, 0.2) is 0 Å². The van der Waals surface area contributed by atoms with Crippen molar-refractivity contribution in [2.45, 2.75) is 18.9 Å². The van der Waals surface area contributed by atoms with Gasteiger partial charge in [-0.1, -0.05) is 29.8 Å². The second-order valence-electron chi connectivity index (χ2n) is 6.29. The third-order valence-corrected chi connectivity index (χ3v) is 4.91. The lowest BCUT2D eigenvalue weighted by Gasteiger charge is -2.22. The molecule has 3 atom stereocenters. The molecule has 0 aliphatic carbocycles. The van der Waals surface area contributed by atoms with Crippen molar-refractivity contribution in [2.24, 2.45) is 5.92 Å². The molecule has 1 aromatic carbocycles. The quantitative estimate of drug-likeness (QED) is 0.806. The van der Waals surface area contributed by atoms with Crippen LogP contribution in [0.1, 0.15) is 30.0 Å². The molecule has 0 bridgehead atoms. The topological polar surface area (TPSA) is 63.2 Å². The average Bonchev–Trinajstić information content (AvgIpc) is 3.12. The van der Waals surface area contributed by atoms with Crippen LogP contribution in [0.25, 0.3) is 0 Å². The molecule has 1 saturated heterocycles. The summed E-state index contributed by atoms with van der Waals surface area (Å²) in [7, 11) is 1.64. The van der Waals surface area contributed by atoms with E-state index in [1.807, 2.05) is 37.3 Å². The van der Waals surface area contributed by atoms with Crippen molar-refractivity contribution in [3.8, 4) is 5.75 Å². The Morgan fingerprint density at radius 1 is 1.36 bits per heavy atom. The van der Waals surface area contributed by atoms with Crippen LogP contribution in [0.5, 0.6) is 5.75 Å². The third-order valence-electron chi connectivity index (χ3n) is 4.68. The third kappa shape index (κ3) is 4.11. The predicted octanol–water partition coefficient (Wildman–Crippen LogP) is 2.92. The molecular weight excluding hydrogens is 338 g/mol. The summed E-state index contributed by atoms with van der Waals surface area (Å²) < 4.78 is 5.25. The zero-order valence-corrected chi connectivity index (χ0v) is 15.1. The highest BCUT2D eigenvalue weighted by atomic mass is 35.5. The van der Waals surface area contributed by atoms with Gasteiger partial charge in [0, 0.05) is 25.2 Å². The molecule has 2 aromatic rings. The normalized spacial score (nSPS) is 20.9. The highest BCUT2D eigenvalue weighted by Gasteiger charge is 2.34. The summed E-state index contributed by atoms with van der Waals surface area (Å²) in [5, 5.41) is 6.89. The summed E-state index contributed by atoms with van der Waals surface area (Å²) >= 11 is 5.86. The molecule has 25 heavy (non-hydrogen) atoms. The van der Waals surface area contributed by atoms with Crippen LogP contribution in [-0.2, 0) is 4.79 Å². The van der Waals surface area contributed by atoms with Crippen LogP contribution in [-0.4, -0.2) is 31.1 Å². The number of ether oxygens (including phenoxy) is 1. The van der Waals surface area contributed by atoms with Crippen molar-refractivity contribution >= 4 is 17.5 Å². The van der Waals surface area contributed by atoms with Crippen LogP contribution < -0.4 is 15.4 Å². The van der Waals surface area contributed by atoms with E-state index in [4.69, 9.17) is 16.3 Å². The maximum absolute atomic E-state index is 12.8. The second-order valence-corrected chi connectivity index (χ2v) is 6.68. The van der Waals surface area contributed by atoms with Gasteiger partial charge in [0.05, 0.1) is 19.1 Å². The fourth-order valence-electron chi connectivity index (χ4n) is 3.23. The first-order chi connectivity index (χ1) is 12.1. The van der Waals surface area contributed by atoms with Crippen molar-refractivity contribution in [2.75, 3.05) is 20.2 Å². The van der Waals surface area contributed by atoms with E-state index in [9.17, 15) is 4.79 Å². The van der Waals surface area contributed by atoms with Crippen molar-refractivity contribution in [1.82, 2.24) is 15.6 Å². The molecule has 2 heterocycles. The molecule has 6 heteroatoms. The second kappa shape index (κ2) is 7.85. The van der Waals surface area contributed by atoms with E-state index in [0.29, 0.717) is 11.7 Å². The number of methoxy groups -OCH3 is 1. The van der Waals surface area contributed by atoms with E-state index in [-0.39, 0.29) is 23.8 Å². The monoisotopic (exact) mass is 359 g/mol. The van der Waals surface area contributed by atoms with E-state index in [1.165, 1.54) is 0 Å². The zero-order valence-electron chi connectivity index (χ0n) is 14.3. The maximum Gasteiger partial charge on any atom is 0.225 e. The molecule has 0 saturated carbocycles. The van der Waals surface area contributed by atoms with Gasteiger partial charge in [-0.2, -0.15) is 0 Å². The predicted molar refractivity (Wildman–Crippen MR) is 97.9 cm³/mol. The van der Waals surface area contributed by atoms with Gasteiger partial charge in [-0.15, -0.1) is 0 Å². The molecule has 1 aromatic heterocycles. The molecule has 2 N–H and O–H groups in total. The lowest BCUT2D eigenvalue weighted by Crippen LogP contribution is -2.36. The minimum atomic E-state index is -0.129. The fourth-order valence-corrected chi connectivity index (χ4v) is 3.34. The van der Waals surface area contributed by atoms with E-state index >= 15 is 0 Å². The molecule has 3 rings (SSSR count). The van der Waals surface area contributed by atoms with Gasteiger partial charge in [-0.3, -0.25) is 4.79 Å². The largest absolute Gasteiger partial charge is 0.497 e. The number of aromatic nitrogens is 1. The first kappa shape index (κ1) is 17.7. The SMILES string of the molecule is COc1cccc([C@H](C)NC(=O)[C@@H]2CNC[C@H]2c2ccc(Cl)nc2)c1. The Kier molecular flexibility index (Phi) is 5.56. The van der Waals surface area contributed by atoms with E-state index < -0.39 is 0 Å². The number of rotatable bonds is 5. The summed E-state index contributed by atoms with van der Waals surface area (Å²) in [6.45, 7) is 3.40. The Morgan fingerprint density at radius 3 is 2.92 bits per heavy atom. The molecule has 0 unspecified atom stereocenters. The lowest BCUT2D eigenvalue weighted by atomic mass is 9.89. The van der Waals surface area contributed by atoms with E-state index in [1.54, 1.807) is 19.4 Å². The Morgan fingerprint density at radius 2 is 2.20 bits per heavy atom. The van der Waals surface area contributed by atoms with Gasteiger partial charge < -0.3 is 15.4 Å². The molecular formula is C19H22ClN3O2. The van der Waals surface area contributed by atoms with Gasteiger partial charge >= 0.3 is 0 Å². The number of carbonyl (C=O) groups excluding carboxylic acids is 1. The summed E-state index contributed by atoms with van der Waals surface area (Å²) in [5.74, 6) is 0.796. The number of nitrogens with one attached hydrogen (secondary N) is 2. The number of nitrogens with zero attached hydrogens (tertiary/aromatic N) is 1. The van der Waals surface area contributed by atoms with Gasteiger partial charge in [-0.25, -0.2) is 4.98 Å². The number of benzene rings is 1. The van der Waals surface area contributed by atoms with Gasteiger partial charge in [0.25, 0.3) is 0 Å². The summed E-state index contributed by atoms with van der Waals surface area (Å²) in [5.41, 5.74) is 2.05. The molecule has 5 nitrogen and oxygen atoms in total. The lowest BCUT2D eigenvalue weighted by molar-refractivity contribution is -0.125. The number of hydrogen-bond acceptors (Lipinski definition) is 4. The molecule has 1 aliphatic rings. The van der Waals surface area contributed by atoms with Crippen molar-refractivity contribution < 1.29 is 9.53 Å². The Labute approximate surface area is 152 Å². The fraction of sp³-hybridized carbons (Fsp3) is 0.368. The van der Waals surface area contributed by atoms with Crippen LogP contribution >= 0.6 is 11.6 Å². The minimum Gasteiger partial charge on any atom is -0.497 e. The molecule has 1 amide bonds. The summed E-state index contributed by atoms with van der Waals surface area (Å²) in [4.78, 5) is 16.9. The number of halogens is 1. The number of hydrogen-bond donors (Lipinski definition) is 2. The maximum atomic E-state index is 12.8.